The number of fused-ring (bicyclic) bond motifs is 1. The molecule has 3 rings (SSSR count). The molecule has 0 atom stereocenters. The van der Waals surface area contributed by atoms with Gasteiger partial charge in [-0.15, -0.1) is 0 Å². The second-order valence-electron chi connectivity index (χ2n) is 6.47. The third-order valence-electron chi connectivity index (χ3n) is 4.16. The summed E-state index contributed by atoms with van der Waals surface area (Å²) in [6.07, 6.45) is 1.34. The first-order chi connectivity index (χ1) is 13.2. The predicted molar refractivity (Wildman–Crippen MR) is 106 cm³/mol. The average Bonchev–Trinajstić information content (AvgIpc) is 2.98. The molecule has 28 heavy (non-hydrogen) atoms. The second kappa shape index (κ2) is 7.06. The largest absolute Gasteiger partial charge is 0.508 e. The first-order valence-electron chi connectivity index (χ1n) is 8.32. The smallest absolute Gasteiger partial charge is 0.332 e. The lowest BCUT2D eigenvalue weighted by atomic mass is 10.2. The zero-order valence-corrected chi connectivity index (χ0v) is 15.7. The summed E-state index contributed by atoms with van der Waals surface area (Å²) in [5.74, 6) is 0.0331. The van der Waals surface area contributed by atoms with Crippen LogP contribution < -0.4 is 16.7 Å². The molecule has 0 amide bonds. The fourth-order valence-corrected chi connectivity index (χ4v) is 2.76. The maximum absolute atomic E-state index is 12.6. The van der Waals surface area contributed by atoms with Gasteiger partial charge in [0.2, 0.25) is 5.95 Å². The average molecular weight is 384 g/mol. The van der Waals surface area contributed by atoms with E-state index in [1.807, 2.05) is 0 Å². The van der Waals surface area contributed by atoms with Crippen LogP contribution in [0.1, 0.15) is 12.5 Å². The minimum atomic E-state index is -0.485. The van der Waals surface area contributed by atoms with E-state index in [2.05, 4.69) is 22.1 Å². The zero-order valence-electron chi connectivity index (χ0n) is 15.7. The highest BCUT2D eigenvalue weighted by atomic mass is 16.3. The van der Waals surface area contributed by atoms with E-state index in [1.165, 1.54) is 43.1 Å². The third-order valence-corrected chi connectivity index (χ3v) is 4.16. The van der Waals surface area contributed by atoms with E-state index in [4.69, 9.17) is 0 Å². The summed E-state index contributed by atoms with van der Waals surface area (Å²) in [7, 11) is 2.94. The topological polar surface area (TPSA) is 127 Å². The summed E-state index contributed by atoms with van der Waals surface area (Å²) in [6, 6.07) is 4.10. The van der Waals surface area contributed by atoms with Crippen molar-refractivity contribution in [1.29, 1.82) is 0 Å². The van der Waals surface area contributed by atoms with Crippen molar-refractivity contribution >= 4 is 23.3 Å². The Morgan fingerprint density at radius 1 is 1.29 bits per heavy atom. The molecule has 0 fully saturated rings. The van der Waals surface area contributed by atoms with Crippen molar-refractivity contribution in [3.63, 3.8) is 0 Å². The van der Waals surface area contributed by atoms with E-state index in [-0.39, 0.29) is 28.6 Å². The van der Waals surface area contributed by atoms with Gasteiger partial charge in [-0.1, -0.05) is 12.2 Å². The van der Waals surface area contributed by atoms with Crippen molar-refractivity contribution in [2.24, 2.45) is 19.2 Å². The summed E-state index contributed by atoms with van der Waals surface area (Å²) >= 11 is 0. The van der Waals surface area contributed by atoms with Crippen LogP contribution in [-0.4, -0.2) is 35.1 Å². The number of hydrogen-bond acceptors (Lipinski definition) is 7. The number of phenols is 2. The zero-order chi connectivity index (χ0) is 20.6. The molecule has 0 unspecified atom stereocenters. The van der Waals surface area contributed by atoms with Gasteiger partial charge in [0, 0.05) is 32.3 Å². The van der Waals surface area contributed by atoms with E-state index < -0.39 is 11.2 Å². The van der Waals surface area contributed by atoms with Gasteiger partial charge in [0.05, 0.1) is 6.21 Å². The first kappa shape index (κ1) is 19.0. The number of hydrazone groups is 1. The molecular weight excluding hydrogens is 364 g/mol. The van der Waals surface area contributed by atoms with Crippen LogP contribution in [0.25, 0.3) is 11.2 Å². The molecule has 146 valence electrons. The molecule has 2 heterocycles. The Balaban J connectivity index is 2.09. The monoisotopic (exact) mass is 384 g/mol. The van der Waals surface area contributed by atoms with Gasteiger partial charge in [0.1, 0.15) is 11.5 Å². The lowest BCUT2D eigenvalue weighted by Gasteiger charge is -2.08. The fourth-order valence-electron chi connectivity index (χ4n) is 2.76. The van der Waals surface area contributed by atoms with Crippen LogP contribution in [0.15, 0.2) is 45.0 Å². The minimum absolute atomic E-state index is 0.0670. The summed E-state index contributed by atoms with van der Waals surface area (Å²) in [5.41, 5.74) is 3.40. The molecule has 0 saturated heterocycles. The van der Waals surface area contributed by atoms with Crippen molar-refractivity contribution in [2.75, 3.05) is 5.43 Å². The minimum Gasteiger partial charge on any atom is -0.508 e. The Labute approximate surface area is 159 Å². The number of hydrogen-bond donors (Lipinski definition) is 3. The summed E-state index contributed by atoms with van der Waals surface area (Å²) in [4.78, 5) is 29.1. The quantitative estimate of drug-likeness (QED) is 0.340. The number of imidazole rings is 1. The van der Waals surface area contributed by atoms with E-state index in [0.717, 1.165) is 10.1 Å². The first-order valence-corrected chi connectivity index (χ1v) is 8.32. The van der Waals surface area contributed by atoms with Gasteiger partial charge in [0.15, 0.2) is 11.2 Å². The number of rotatable bonds is 5. The lowest BCUT2D eigenvalue weighted by molar-refractivity contribution is 0.450. The second-order valence-corrected chi connectivity index (χ2v) is 6.47. The maximum Gasteiger partial charge on any atom is 0.332 e. The lowest BCUT2D eigenvalue weighted by Crippen LogP contribution is -2.37. The number of allylic oxidation sites excluding steroid dienone is 1. The number of anilines is 1. The van der Waals surface area contributed by atoms with Gasteiger partial charge < -0.3 is 10.2 Å². The van der Waals surface area contributed by atoms with Crippen molar-refractivity contribution in [2.45, 2.75) is 13.5 Å². The highest BCUT2D eigenvalue weighted by Gasteiger charge is 2.18. The number of benzene rings is 1. The molecule has 0 aliphatic carbocycles. The Bertz CT molecular complexity index is 1230. The molecule has 1 aromatic carbocycles. The number of aromatic hydroxyl groups is 2. The SMILES string of the molecule is C=C(C)Cn1c(NN=Cc2ccc(O)cc2O)nc2c1c(=O)n(C)c(=O)n2C. The Hall–Kier alpha value is -3.82. The number of aryl methyl sites for hydroxylation is 1. The van der Waals surface area contributed by atoms with E-state index in [0.29, 0.717) is 12.1 Å². The molecule has 3 N–H and O–H groups in total. The van der Waals surface area contributed by atoms with Gasteiger partial charge in [-0.05, 0) is 19.1 Å². The molecular formula is C18H20N6O4. The standard InChI is InChI=1S/C18H20N6O4/c1-10(2)9-24-14-15(22(3)18(28)23(4)16(14)27)20-17(24)21-19-8-11-5-6-12(25)7-13(11)26/h5-8,25-26H,1,9H2,2-4H3,(H,20,21). The van der Waals surface area contributed by atoms with E-state index in [9.17, 15) is 19.8 Å². The van der Waals surface area contributed by atoms with Crippen molar-refractivity contribution in [3.05, 3.63) is 56.8 Å². The molecule has 10 nitrogen and oxygen atoms in total. The third kappa shape index (κ3) is 3.27. The summed E-state index contributed by atoms with van der Waals surface area (Å²) in [6.45, 7) is 5.97. The van der Waals surface area contributed by atoms with Crippen LogP contribution in [0.3, 0.4) is 0 Å². The van der Waals surface area contributed by atoms with Crippen LogP contribution in [0.4, 0.5) is 5.95 Å². The van der Waals surface area contributed by atoms with Crippen LogP contribution >= 0.6 is 0 Å². The van der Waals surface area contributed by atoms with Crippen LogP contribution in [-0.2, 0) is 20.6 Å². The molecule has 0 aliphatic heterocycles. The number of phenolic OH excluding ortho intramolecular Hbond substituents is 2. The molecule has 2 aromatic heterocycles. The van der Waals surface area contributed by atoms with Gasteiger partial charge in [-0.3, -0.25) is 18.5 Å². The van der Waals surface area contributed by atoms with E-state index >= 15 is 0 Å². The van der Waals surface area contributed by atoms with Gasteiger partial charge in [-0.25, -0.2) is 10.2 Å². The molecule has 10 heteroatoms. The predicted octanol–water partition coefficient (Wildman–Crippen LogP) is 0.867. The Morgan fingerprint density at radius 3 is 2.64 bits per heavy atom. The van der Waals surface area contributed by atoms with Crippen LogP contribution in [0.5, 0.6) is 11.5 Å². The molecule has 0 aliphatic rings. The number of nitrogens with one attached hydrogen (secondary N) is 1. The highest BCUT2D eigenvalue weighted by molar-refractivity contribution is 5.84. The van der Waals surface area contributed by atoms with Gasteiger partial charge in [-0.2, -0.15) is 10.1 Å². The summed E-state index contributed by atoms with van der Waals surface area (Å²) < 4.78 is 3.89. The van der Waals surface area contributed by atoms with Crippen molar-refractivity contribution in [3.8, 4) is 11.5 Å². The molecule has 0 spiro atoms. The highest BCUT2D eigenvalue weighted by Crippen LogP contribution is 2.21. The normalized spacial score (nSPS) is 11.4. The number of aromatic nitrogens is 4. The van der Waals surface area contributed by atoms with Gasteiger partial charge in [0.25, 0.3) is 5.56 Å². The van der Waals surface area contributed by atoms with E-state index in [1.54, 1.807) is 11.5 Å². The van der Waals surface area contributed by atoms with Gasteiger partial charge >= 0.3 is 5.69 Å². The van der Waals surface area contributed by atoms with Crippen LogP contribution in [0.2, 0.25) is 0 Å². The molecule has 0 bridgehead atoms. The van der Waals surface area contributed by atoms with Crippen LogP contribution in [0, 0.1) is 0 Å². The van der Waals surface area contributed by atoms with Crippen molar-refractivity contribution in [1.82, 2.24) is 18.7 Å². The fraction of sp³-hybridized carbons (Fsp3) is 0.222. The molecule has 0 saturated carbocycles. The Morgan fingerprint density at radius 2 is 2.00 bits per heavy atom. The Kier molecular flexibility index (Phi) is 4.78. The summed E-state index contributed by atoms with van der Waals surface area (Å²) in [5, 5.41) is 23.2. The molecule has 3 aromatic rings. The number of nitrogens with zero attached hydrogens (tertiary/aromatic N) is 5. The maximum atomic E-state index is 12.6. The van der Waals surface area contributed by atoms with Crippen molar-refractivity contribution < 1.29 is 10.2 Å². The molecule has 0 radical (unpaired) electrons.